The van der Waals surface area contributed by atoms with Gasteiger partial charge in [0.1, 0.15) is 6.54 Å². The van der Waals surface area contributed by atoms with Gasteiger partial charge in [-0.25, -0.2) is 8.42 Å². The van der Waals surface area contributed by atoms with Gasteiger partial charge in [0.25, 0.3) is 0 Å². The second-order valence-corrected chi connectivity index (χ2v) is 8.48. The van der Waals surface area contributed by atoms with E-state index in [1.807, 2.05) is 0 Å². The maximum Gasteiger partial charge on any atom is 0.416 e. The summed E-state index contributed by atoms with van der Waals surface area (Å²) >= 11 is 0. The first-order chi connectivity index (χ1) is 12.6. The number of rotatable bonds is 8. The summed E-state index contributed by atoms with van der Waals surface area (Å²) in [5, 5.41) is 2.63. The molecule has 1 saturated heterocycles. The molecule has 1 aromatic carbocycles. The lowest BCUT2D eigenvalue weighted by atomic mass is 10.2. The summed E-state index contributed by atoms with van der Waals surface area (Å²) in [6, 6.07) is 3.92. The lowest BCUT2D eigenvalue weighted by molar-refractivity contribution is -0.137. The minimum Gasteiger partial charge on any atom is -0.354 e. The zero-order valence-electron chi connectivity index (χ0n) is 15.1. The summed E-state index contributed by atoms with van der Waals surface area (Å²) in [6.45, 7) is 2.76. The molecule has 0 aromatic heterocycles. The molecule has 1 fully saturated rings. The van der Waals surface area contributed by atoms with Crippen LogP contribution in [0.25, 0.3) is 0 Å². The van der Waals surface area contributed by atoms with Gasteiger partial charge in [-0.1, -0.05) is 6.07 Å². The van der Waals surface area contributed by atoms with E-state index in [1.54, 1.807) is 0 Å². The summed E-state index contributed by atoms with van der Waals surface area (Å²) < 4.78 is 63.3. The molecule has 1 aliphatic rings. The predicted molar refractivity (Wildman–Crippen MR) is 96.9 cm³/mol. The molecule has 0 unspecified atom stereocenters. The molecule has 0 spiro atoms. The third kappa shape index (κ3) is 6.69. The average Bonchev–Trinajstić information content (AvgIpc) is 3.08. The van der Waals surface area contributed by atoms with Crippen LogP contribution < -0.4 is 9.62 Å². The van der Waals surface area contributed by atoms with Gasteiger partial charge in [-0.15, -0.1) is 0 Å². The van der Waals surface area contributed by atoms with Crippen molar-refractivity contribution in [2.24, 2.45) is 0 Å². The highest BCUT2D eigenvalue weighted by Crippen LogP contribution is 2.32. The molecule has 0 radical (unpaired) electrons. The number of hydrogen-bond acceptors (Lipinski definition) is 4. The Labute approximate surface area is 157 Å². The lowest BCUT2D eigenvalue weighted by Gasteiger charge is -2.23. The van der Waals surface area contributed by atoms with Gasteiger partial charge in [-0.3, -0.25) is 9.10 Å². The van der Waals surface area contributed by atoms with E-state index in [-0.39, 0.29) is 5.69 Å². The molecule has 1 heterocycles. The van der Waals surface area contributed by atoms with E-state index < -0.39 is 34.2 Å². The Morgan fingerprint density at radius 3 is 2.52 bits per heavy atom. The molecule has 1 N–H and O–H groups in total. The van der Waals surface area contributed by atoms with Gasteiger partial charge in [-0.05, 0) is 57.1 Å². The van der Waals surface area contributed by atoms with E-state index in [0.717, 1.165) is 50.5 Å². The first-order valence-corrected chi connectivity index (χ1v) is 10.6. The molecule has 1 aromatic rings. The first-order valence-electron chi connectivity index (χ1n) is 8.71. The Hall–Kier alpha value is -1.81. The maximum atomic E-state index is 12.9. The Bertz CT molecular complexity index is 747. The monoisotopic (exact) mass is 407 g/mol. The van der Waals surface area contributed by atoms with E-state index in [9.17, 15) is 26.4 Å². The quantitative estimate of drug-likeness (QED) is 0.670. The van der Waals surface area contributed by atoms with Crippen LogP contribution in [-0.2, 0) is 21.0 Å². The van der Waals surface area contributed by atoms with Crippen molar-refractivity contribution in [3.63, 3.8) is 0 Å². The third-order valence-electron chi connectivity index (χ3n) is 4.32. The SMILES string of the molecule is CS(=O)(=O)N(CC(=O)NCCCN1CCCC1)c1cccc(C(F)(F)F)c1. The maximum absolute atomic E-state index is 12.9. The number of nitrogens with zero attached hydrogens (tertiary/aromatic N) is 2. The van der Waals surface area contributed by atoms with Gasteiger partial charge < -0.3 is 10.2 Å². The van der Waals surface area contributed by atoms with E-state index in [0.29, 0.717) is 10.8 Å². The minimum absolute atomic E-state index is 0.195. The highest BCUT2D eigenvalue weighted by atomic mass is 32.2. The molecule has 6 nitrogen and oxygen atoms in total. The molecule has 27 heavy (non-hydrogen) atoms. The van der Waals surface area contributed by atoms with E-state index >= 15 is 0 Å². The van der Waals surface area contributed by atoms with Crippen molar-refractivity contribution < 1.29 is 26.4 Å². The molecule has 152 valence electrons. The highest BCUT2D eigenvalue weighted by molar-refractivity contribution is 7.92. The van der Waals surface area contributed by atoms with Crippen molar-refractivity contribution in [1.29, 1.82) is 0 Å². The van der Waals surface area contributed by atoms with E-state index in [1.165, 1.54) is 18.9 Å². The van der Waals surface area contributed by atoms with Crippen LogP contribution in [0.4, 0.5) is 18.9 Å². The van der Waals surface area contributed by atoms with Crippen molar-refractivity contribution in [2.75, 3.05) is 43.3 Å². The van der Waals surface area contributed by atoms with Crippen LogP contribution in [0, 0.1) is 0 Å². The van der Waals surface area contributed by atoms with Crippen molar-refractivity contribution in [3.05, 3.63) is 29.8 Å². The van der Waals surface area contributed by atoms with Crippen molar-refractivity contribution >= 4 is 21.6 Å². The van der Waals surface area contributed by atoms with Crippen molar-refractivity contribution in [2.45, 2.75) is 25.4 Å². The highest BCUT2D eigenvalue weighted by Gasteiger charge is 2.32. The lowest BCUT2D eigenvalue weighted by Crippen LogP contribution is -2.41. The number of likely N-dealkylation sites (tertiary alicyclic amines) is 1. The molecule has 0 bridgehead atoms. The molecule has 10 heteroatoms. The van der Waals surface area contributed by atoms with E-state index in [2.05, 4.69) is 10.2 Å². The predicted octanol–water partition coefficient (Wildman–Crippen LogP) is 2.07. The van der Waals surface area contributed by atoms with Crippen LogP contribution >= 0.6 is 0 Å². The molecule has 1 amide bonds. The Morgan fingerprint density at radius 1 is 1.26 bits per heavy atom. The summed E-state index contributed by atoms with van der Waals surface area (Å²) in [4.78, 5) is 14.4. The number of anilines is 1. The summed E-state index contributed by atoms with van der Waals surface area (Å²) in [5.74, 6) is -0.556. The smallest absolute Gasteiger partial charge is 0.354 e. The van der Waals surface area contributed by atoms with Crippen LogP contribution in [0.5, 0.6) is 0 Å². The fourth-order valence-corrected chi connectivity index (χ4v) is 3.81. The number of nitrogens with one attached hydrogen (secondary N) is 1. The molecular formula is C17H24F3N3O3S. The summed E-state index contributed by atoms with van der Waals surface area (Å²) in [5.41, 5.74) is -1.17. The van der Waals surface area contributed by atoms with Gasteiger partial charge in [0.05, 0.1) is 17.5 Å². The number of hydrogen-bond donors (Lipinski definition) is 1. The Morgan fingerprint density at radius 2 is 1.93 bits per heavy atom. The minimum atomic E-state index is -4.60. The number of carbonyl (C=O) groups is 1. The zero-order valence-corrected chi connectivity index (χ0v) is 15.9. The average molecular weight is 407 g/mol. The molecular weight excluding hydrogens is 383 g/mol. The Balaban J connectivity index is 1.97. The molecule has 0 saturated carbocycles. The number of sulfonamides is 1. The van der Waals surface area contributed by atoms with Crippen LogP contribution in [0.3, 0.4) is 0 Å². The second kappa shape index (κ2) is 8.92. The van der Waals surface area contributed by atoms with Gasteiger partial charge in [-0.2, -0.15) is 13.2 Å². The van der Waals surface area contributed by atoms with Gasteiger partial charge in [0.15, 0.2) is 0 Å². The van der Waals surface area contributed by atoms with Crippen LogP contribution in [-0.4, -0.2) is 58.2 Å². The van der Waals surface area contributed by atoms with E-state index in [4.69, 9.17) is 0 Å². The second-order valence-electron chi connectivity index (χ2n) is 6.57. The van der Waals surface area contributed by atoms with Crippen LogP contribution in [0.2, 0.25) is 0 Å². The molecule has 1 aliphatic heterocycles. The number of halogens is 3. The number of amides is 1. The van der Waals surface area contributed by atoms with Gasteiger partial charge in [0.2, 0.25) is 15.9 Å². The summed E-state index contributed by atoms with van der Waals surface area (Å²) in [6.07, 6.45) is -0.668. The zero-order chi connectivity index (χ0) is 20.1. The number of benzene rings is 1. The molecule has 0 aliphatic carbocycles. The fourth-order valence-electron chi connectivity index (χ4n) is 2.96. The standard InChI is InChI=1S/C17H24F3N3O3S/c1-27(25,26)23(15-7-4-6-14(12-15)17(18,19)20)13-16(24)21-8-5-11-22-9-2-3-10-22/h4,6-7,12H,2-3,5,8-11,13H2,1H3,(H,21,24). The topological polar surface area (TPSA) is 69.7 Å². The molecule has 0 atom stereocenters. The van der Waals surface area contributed by atoms with Crippen LogP contribution in [0.1, 0.15) is 24.8 Å². The fraction of sp³-hybridized carbons (Fsp3) is 0.588. The van der Waals surface area contributed by atoms with Gasteiger partial charge in [0, 0.05) is 6.54 Å². The third-order valence-corrected chi connectivity index (χ3v) is 5.46. The largest absolute Gasteiger partial charge is 0.416 e. The van der Waals surface area contributed by atoms with Crippen molar-refractivity contribution in [1.82, 2.24) is 10.2 Å². The van der Waals surface area contributed by atoms with Crippen molar-refractivity contribution in [3.8, 4) is 0 Å². The van der Waals surface area contributed by atoms with Gasteiger partial charge >= 0.3 is 6.18 Å². The number of carbonyl (C=O) groups excluding carboxylic acids is 1. The molecule has 2 rings (SSSR count). The van der Waals surface area contributed by atoms with Crippen LogP contribution in [0.15, 0.2) is 24.3 Å². The Kier molecular flexibility index (Phi) is 7.10. The first kappa shape index (κ1) is 21.5. The summed E-state index contributed by atoms with van der Waals surface area (Å²) in [7, 11) is -3.92. The normalized spacial score (nSPS) is 15.7. The number of alkyl halides is 3.